The number of ether oxygens (including phenoxy) is 1. The number of H-pyrrole nitrogens is 1. The van der Waals surface area contributed by atoms with Crippen molar-refractivity contribution in [2.24, 2.45) is 0 Å². The van der Waals surface area contributed by atoms with Crippen LogP contribution >= 0.6 is 11.8 Å². The lowest BCUT2D eigenvalue weighted by Crippen LogP contribution is -2.50. The summed E-state index contributed by atoms with van der Waals surface area (Å²) in [6, 6.07) is 17.9. The molecule has 30 heavy (non-hydrogen) atoms. The van der Waals surface area contributed by atoms with Crippen molar-refractivity contribution in [2.45, 2.75) is 17.3 Å². The van der Waals surface area contributed by atoms with Crippen LogP contribution in [0.25, 0.3) is 11.4 Å². The molecule has 7 nitrogen and oxygen atoms in total. The number of hydrogen-bond donors (Lipinski definition) is 1. The number of aromatic nitrogens is 3. The highest BCUT2D eigenvalue weighted by atomic mass is 32.2. The summed E-state index contributed by atoms with van der Waals surface area (Å²) >= 11 is 1.38. The Labute approximate surface area is 180 Å². The molecule has 0 radical (unpaired) electrons. The van der Waals surface area contributed by atoms with Gasteiger partial charge in [0.15, 0.2) is 5.82 Å². The number of nitrogens with one attached hydrogen (secondary N) is 1. The predicted octanol–water partition coefficient (Wildman–Crippen LogP) is 3.31. The predicted molar refractivity (Wildman–Crippen MR) is 119 cm³/mol. The molecule has 1 aliphatic rings. The van der Waals surface area contributed by atoms with Crippen molar-refractivity contribution in [3.8, 4) is 17.1 Å². The zero-order chi connectivity index (χ0) is 20.9. The van der Waals surface area contributed by atoms with Crippen LogP contribution in [0.2, 0.25) is 0 Å². The van der Waals surface area contributed by atoms with Crippen LogP contribution in [0.5, 0.6) is 5.75 Å². The summed E-state index contributed by atoms with van der Waals surface area (Å²) in [6.07, 6.45) is 0. The molecule has 4 rings (SSSR count). The number of rotatable bonds is 6. The first-order chi connectivity index (χ1) is 14.6. The van der Waals surface area contributed by atoms with E-state index in [2.05, 4.69) is 32.2 Å². The maximum absolute atomic E-state index is 12.9. The van der Waals surface area contributed by atoms with Crippen molar-refractivity contribution < 1.29 is 9.53 Å². The van der Waals surface area contributed by atoms with Crippen molar-refractivity contribution in [3.05, 3.63) is 54.6 Å². The average molecular weight is 424 g/mol. The van der Waals surface area contributed by atoms with Crippen molar-refractivity contribution in [3.63, 3.8) is 0 Å². The van der Waals surface area contributed by atoms with Crippen LogP contribution in [-0.2, 0) is 4.79 Å². The largest absolute Gasteiger partial charge is 0.497 e. The molecule has 1 aliphatic heterocycles. The number of amides is 1. The molecule has 1 atom stereocenters. The fourth-order valence-corrected chi connectivity index (χ4v) is 4.28. The van der Waals surface area contributed by atoms with E-state index in [4.69, 9.17) is 4.74 Å². The number of aromatic amines is 1. The summed E-state index contributed by atoms with van der Waals surface area (Å²) in [5.41, 5.74) is 2.13. The molecule has 0 unspecified atom stereocenters. The number of benzene rings is 2. The maximum atomic E-state index is 12.9. The van der Waals surface area contributed by atoms with Gasteiger partial charge in [0.05, 0.1) is 12.4 Å². The minimum absolute atomic E-state index is 0.128. The number of methoxy groups -OCH3 is 1. The lowest BCUT2D eigenvalue weighted by Gasteiger charge is -2.37. The monoisotopic (exact) mass is 423 g/mol. The summed E-state index contributed by atoms with van der Waals surface area (Å²) in [5, 5.41) is 7.55. The molecule has 2 aromatic carbocycles. The lowest BCUT2D eigenvalue weighted by atomic mass is 10.2. The molecular weight excluding hydrogens is 398 g/mol. The second-order valence-electron chi connectivity index (χ2n) is 7.10. The highest BCUT2D eigenvalue weighted by Gasteiger charge is 2.26. The van der Waals surface area contributed by atoms with E-state index in [0.29, 0.717) is 11.0 Å². The van der Waals surface area contributed by atoms with Crippen LogP contribution in [-0.4, -0.2) is 64.5 Å². The summed E-state index contributed by atoms with van der Waals surface area (Å²) in [6.45, 7) is 5.05. The van der Waals surface area contributed by atoms with Gasteiger partial charge in [-0.2, -0.15) is 0 Å². The van der Waals surface area contributed by atoms with Crippen molar-refractivity contribution >= 4 is 23.4 Å². The molecule has 1 amide bonds. The number of nitrogens with zero attached hydrogens (tertiary/aromatic N) is 4. The number of piperazine rings is 1. The standard InChI is InChI=1S/C22H25N5O2S/c1-16(21(28)27-14-12-26(13-15-27)18-6-4-3-5-7-18)30-22-23-20(24-25-22)17-8-10-19(29-2)11-9-17/h3-11,16H,12-15H2,1-2H3,(H,23,24,25)/t16-/m1/s1. The van der Waals surface area contributed by atoms with E-state index in [1.807, 2.05) is 54.3 Å². The molecule has 2 heterocycles. The fourth-order valence-electron chi connectivity index (χ4n) is 3.47. The van der Waals surface area contributed by atoms with E-state index in [1.54, 1.807) is 7.11 Å². The molecule has 1 saturated heterocycles. The number of carbonyl (C=O) groups is 1. The van der Waals surface area contributed by atoms with Gasteiger partial charge in [-0.1, -0.05) is 30.0 Å². The Kier molecular flexibility index (Phi) is 6.23. The molecule has 1 fully saturated rings. The Morgan fingerprint density at radius 1 is 1.07 bits per heavy atom. The van der Waals surface area contributed by atoms with E-state index < -0.39 is 0 Å². The van der Waals surface area contributed by atoms with Crippen LogP contribution < -0.4 is 9.64 Å². The third-order valence-corrected chi connectivity index (χ3v) is 6.12. The first-order valence-electron chi connectivity index (χ1n) is 9.96. The zero-order valence-corrected chi connectivity index (χ0v) is 17.9. The third kappa shape index (κ3) is 4.59. The van der Waals surface area contributed by atoms with Crippen molar-refractivity contribution in [1.29, 1.82) is 0 Å². The van der Waals surface area contributed by atoms with Crippen LogP contribution in [0, 0.1) is 0 Å². The number of hydrogen-bond acceptors (Lipinski definition) is 6. The lowest BCUT2D eigenvalue weighted by molar-refractivity contribution is -0.130. The molecule has 3 aromatic rings. The summed E-state index contributed by atoms with van der Waals surface area (Å²) in [7, 11) is 1.64. The first-order valence-corrected chi connectivity index (χ1v) is 10.8. The molecule has 1 N–H and O–H groups in total. The maximum Gasteiger partial charge on any atom is 0.236 e. The van der Waals surface area contributed by atoms with Gasteiger partial charge in [-0.15, -0.1) is 5.10 Å². The van der Waals surface area contributed by atoms with Gasteiger partial charge >= 0.3 is 0 Å². The highest BCUT2D eigenvalue weighted by molar-refractivity contribution is 8.00. The van der Waals surface area contributed by atoms with Gasteiger partial charge in [0.2, 0.25) is 11.1 Å². The Balaban J connectivity index is 1.32. The van der Waals surface area contributed by atoms with Crippen LogP contribution in [0.3, 0.4) is 0 Å². The number of thioether (sulfide) groups is 1. The number of anilines is 1. The molecule has 0 spiro atoms. The van der Waals surface area contributed by atoms with Gasteiger partial charge in [-0.05, 0) is 43.3 Å². The summed E-state index contributed by atoms with van der Waals surface area (Å²) < 4.78 is 5.18. The summed E-state index contributed by atoms with van der Waals surface area (Å²) in [4.78, 5) is 21.7. The first kappa shape index (κ1) is 20.3. The van der Waals surface area contributed by atoms with Gasteiger partial charge in [0.1, 0.15) is 5.75 Å². The second kappa shape index (κ2) is 9.21. The smallest absolute Gasteiger partial charge is 0.236 e. The quantitative estimate of drug-likeness (QED) is 0.613. The topological polar surface area (TPSA) is 74.3 Å². The molecule has 0 bridgehead atoms. The van der Waals surface area contributed by atoms with E-state index in [0.717, 1.165) is 37.5 Å². The van der Waals surface area contributed by atoms with E-state index in [-0.39, 0.29) is 11.2 Å². The normalized spacial score (nSPS) is 15.1. The SMILES string of the molecule is COc1ccc(-c2nc(S[C@H](C)C(=O)N3CCN(c4ccccc4)CC3)n[nH]2)cc1. The summed E-state index contributed by atoms with van der Waals surface area (Å²) in [5.74, 6) is 1.60. The van der Waals surface area contributed by atoms with Crippen molar-refractivity contribution in [2.75, 3.05) is 38.2 Å². The van der Waals surface area contributed by atoms with E-state index >= 15 is 0 Å². The molecule has 0 saturated carbocycles. The Bertz CT molecular complexity index is 969. The Hall–Kier alpha value is -3.00. The zero-order valence-electron chi connectivity index (χ0n) is 17.1. The minimum Gasteiger partial charge on any atom is -0.497 e. The highest BCUT2D eigenvalue weighted by Crippen LogP contribution is 2.25. The fraction of sp³-hybridized carbons (Fsp3) is 0.318. The van der Waals surface area contributed by atoms with Gasteiger partial charge in [0.25, 0.3) is 0 Å². The van der Waals surface area contributed by atoms with Crippen LogP contribution in [0.4, 0.5) is 5.69 Å². The molecule has 156 valence electrons. The van der Waals surface area contributed by atoms with Gasteiger partial charge in [-0.25, -0.2) is 4.98 Å². The van der Waals surface area contributed by atoms with Crippen molar-refractivity contribution in [1.82, 2.24) is 20.1 Å². The van der Waals surface area contributed by atoms with Gasteiger partial charge in [-0.3, -0.25) is 9.89 Å². The van der Waals surface area contributed by atoms with E-state index in [9.17, 15) is 4.79 Å². The third-order valence-electron chi connectivity index (χ3n) is 5.17. The van der Waals surface area contributed by atoms with Crippen LogP contribution in [0.1, 0.15) is 6.92 Å². The molecule has 1 aromatic heterocycles. The van der Waals surface area contributed by atoms with Gasteiger partial charge in [0, 0.05) is 37.4 Å². The Morgan fingerprint density at radius 2 is 1.77 bits per heavy atom. The van der Waals surface area contributed by atoms with E-state index in [1.165, 1.54) is 17.4 Å². The van der Waals surface area contributed by atoms with Gasteiger partial charge < -0.3 is 14.5 Å². The number of carbonyl (C=O) groups excluding carboxylic acids is 1. The van der Waals surface area contributed by atoms with Crippen LogP contribution in [0.15, 0.2) is 59.8 Å². The Morgan fingerprint density at radius 3 is 2.43 bits per heavy atom. The number of para-hydroxylation sites is 1. The minimum atomic E-state index is -0.243. The average Bonchev–Trinajstić information content (AvgIpc) is 3.27. The molecule has 0 aliphatic carbocycles. The second-order valence-corrected chi connectivity index (χ2v) is 8.41. The molecule has 8 heteroatoms. The molecular formula is C22H25N5O2S.